The number of nitrogens with one attached hydrogen (secondary N) is 1. The summed E-state index contributed by atoms with van der Waals surface area (Å²) >= 11 is 12.3. The zero-order valence-electron chi connectivity index (χ0n) is 15.6. The minimum absolute atomic E-state index is 0.0711. The number of nitro groups is 1. The van der Waals surface area contributed by atoms with Crippen molar-refractivity contribution in [1.29, 1.82) is 0 Å². The van der Waals surface area contributed by atoms with Crippen molar-refractivity contribution in [2.24, 2.45) is 0 Å². The molecule has 31 heavy (non-hydrogen) atoms. The Morgan fingerprint density at radius 2 is 1.90 bits per heavy atom. The normalized spacial score (nSPS) is 11.4. The van der Waals surface area contributed by atoms with Crippen molar-refractivity contribution in [2.45, 2.75) is 13.1 Å². The molecule has 2 aromatic carbocycles. The first-order chi connectivity index (χ1) is 14.5. The fourth-order valence-corrected chi connectivity index (χ4v) is 3.29. The van der Waals surface area contributed by atoms with Gasteiger partial charge in [-0.1, -0.05) is 23.2 Å². The summed E-state index contributed by atoms with van der Waals surface area (Å²) in [5.41, 5.74) is -1.58. The SMILES string of the molecule is Cc1ccc2c(Cl)cc(Cl)c(OCC(=O)Nc3ccc(C(F)(F)F)cc3[N+](=O)[O-])c2n1. The molecule has 0 bridgehead atoms. The third kappa shape index (κ3) is 4.97. The van der Waals surface area contributed by atoms with E-state index in [1.54, 1.807) is 19.1 Å². The molecule has 0 radical (unpaired) electrons. The van der Waals surface area contributed by atoms with Crippen LogP contribution in [-0.4, -0.2) is 22.4 Å². The Kier molecular flexibility index (Phi) is 6.23. The largest absolute Gasteiger partial charge is 0.480 e. The average molecular weight is 474 g/mol. The van der Waals surface area contributed by atoms with Gasteiger partial charge in [-0.2, -0.15) is 13.2 Å². The number of carbonyl (C=O) groups is 1. The van der Waals surface area contributed by atoms with Crippen molar-refractivity contribution in [2.75, 3.05) is 11.9 Å². The monoisotopic (exact) mass is 473 g/mol. The van der Waals surface area contributed by atoms with E-state index in [4.69, 9.17) is 27.9 Å². The van der Waals surface area contributed by atoms with E-state index in [1.165, 1.54) is 6.07 Å². The zero-order chi connectivity index (χ0) is 22.9. The standard InChI is InChI=1S/C19H12Cl2F3N3O4/c1-9-2-4-11-12(20)7-13(21)18(17(11)25-9)31-8-16(28)26-14-5-3-10(19(22,23)24)6-15(14)27(29)30/h2-7H,8H2,1H3,(H,26,28). The third-order valence-corrected chi connectivity index (χ3v) is 4.71. The van der Waals surface area contributed by atoms with Crippen LogP contribution in [-0.2, 0) is 11.0 Å². The number of hydrogen-bond acceptors (Lipinski definition) is 5. The second kappa shape index (κ2) is 8.56. The molecule has 0 saturated heterocycles. The molecule has 0 fully saturated rings. The number of anilines is 1. The summed E-state index contributed by atoms with van der Waals surface area (Å²) in [4.78, 5) is 26.7. The highest BCUT2D eigenvalue weighted by Crippen LogP contribution is 2.38. The smallest absolute Gasteiger partial charge is 0.416 e. The zero-order valence-corrected chi connectivity index (χ0v) is 17.1. The molecule has 0 aliphatic carbocycles. The van der Waals surface area contributed by atoms with E-state index in [1.807, 2.05) is 0 Å². The van der Waals surface area contributed by atoms with Gasteiger partial charge in [-0.25, -0.2) is 4.98 Å². The fourth-order valence-electron chi connectivity index (χ4n) is 2.72. The molecule has 162 valence electrons. The number of halogens is 5. The quantitative estimate of drug-likeness (QED) is 0.373. The number of benzene rings is 2. The maximum absolute atomic E-state index is 12.8. The Labute approximate surface area is 182 Å². The van der Waals surface area contributed by atoms with Crippen molar-refractivity contribution < 1.29 is 27.6 Å². The summed E-state index contributed by atoms with van der Waals surface area (Å²) in [5.74, 6) is -0.781. The van der Waals surface area contributed by atoms with Crippen molar-refractivity contribution >= 4 is 51.4 Å². The number of nitro benzene ring substituents is 1. The van der Waals surface area contributed by atoms with E-state index in [9.17, 15) is 28.1 Å². The molecule has 0 aliphatic heterocycles. The lowest BCUT2D eigenvalue weighted by Gasteiger charge is -2.13. The second-order valence-corrected chi connectivity index (χ2v) is 7.16. The van der Waals surface area contributed by atoms with Gasteiger partial charge < -0.3 is 10.1 Å². The number of pyridine rings is 1. The van der Waals surface area contributed by atoms with E-state index in [2.05, 4.69) is 10.3 Å². The second-order valence-electron chi connectivity index (χ2n) is 6.34. The molecule has 1 amide bonds. The average Bonchev–Trinajstić information content (AvgIpc) is 2.66. The van der Waals surface area contributed by atoms with E-state index in [0.29, 0.717) is 33.8 Å². The maximum Gasteiger partial charge on any atom is 0.416 e. The predicted molar refractivity (Wildman–Crippen MR) is 109 cm³/mol. The number of rotatable bonds is 5. The summed E-state index contributed by atoms with van der Waals surface area (Å²) in [6.45, 7) is 1.10. The van der Waals surface area contributed by atoms with Gasteiger partial charge in [0.05, 0.1) is 20.5 Å². The van der Waals surface area contributed by atoms with Gasteiger partial charge >= 0.3 is 6.18 Å². The van der Waals surface area contributed by atoms with Crippen LogP contribution in [0, 0.1) is 17.0 Å². The van der Waals surface area contributed by atoms with Gasteiger partial charge in [-0.05, 0) is 37.3 Å². The molecule has 0 spiro atoms. The van der Waals surface area contributed by atoms with Crippen LogP contribution >= 0.6 is 23.2 Å². The molecular weight excluding hydrogens is 462 g/mol. The van der Waals surface area contributed by atoms with Gasteiger partial charge in [0.15, 0.2) is 12.4 Å². The number of ether oxygens (including phenoxy) is 1. The van der Waals surface area contributed by atoms with Crippen LogP contribution < -0.4 is 10.1 Å². The highest BCUT2D eigenvalue weighted by atomic mass is 35.5. The van der Waals surface area contributed by atoms with Crippen molar-refractivity contribution in [3.8, 4) is 5.75 Å². The fraction of sp³-hybridized carbons (Fsp3) is 0.158. The summed E-state index contributed by atoms with van der Waals surface area (Å²) in [6, 6.07) is 6.61. The Balaban J connectivity index is 1.83. The molecule has 3 rings (SSSR count). The number of amides is 1. The minimum atomic E-state index is -4.77. The molecule has 0 unspecified atom stereocenters. The molecule has 12 heteroatoms. The van der Waals surface area contributed by atoms with Gasteiger partial charge in [0.2, 0.25) is 0 Å². The van der Waals surface area contributed by atoms with E-state index >= 15 is 0 Å². The summed E-state index contributed by atoms with van der Waals surface area (Å²) < 4.78 is 43.9. The van der Waals surface area contributed by atoms with Gasteiger partial charge in [-0.15, -0.1) is 0 Å². The number of hydrogen-bond donors (Lipinski definition) is 1. The Hall–Kier alpha value is -3.11. The topological polar surface area (TPSA) is 94.4 Å². The van der Waals surface area contributed by atoms with Gasteiger partial charge in [0, 0.05) is 17.1 Å². The van der Waals surface area contributed by atoms with Crippen LogP contribution in [0.5, 0.6) is 5.75 Å². The number of nitrogens with zero attached hydrogens (tertiary/aromatic N) is 2. The van der Waals surface area contributed by atoms with Gasteiger partial charge in [0.25, 0.3) is 11.6 Å². The Bertz CT molecular complexity index is 1200. The van der Waals surface area contributed by atoms with E-state index < -0.39 is 40.6 Å². The molecule has 0 aliphatic rings. The molecule has 0 atom stereocenters. The van der Waals surface area contributed by atoms with Crippen molar-refractivity contribution in [3.63, 3.8) is 0 Å². The Morgan fingerprint density at radius 3 is 2.55 bits per heavy atom. The lowest BCUT2D eigenvalue weighted by molar-refractivity contribution is -0.384. The molecule has 1 heterocycles. The van der Waals surface area contributed by atoms with Gasteiger partial charge in [0.1, 0.15) is 11.2 Å². The molecule has 1 N–H and O–H groups in total. The van der Waals surface area contributed by atoms with Crippen LogP contribution in [0.1, 0.15) is 11.3 Å². The first-order valence-electron chi connectivity index (χ1n) is 8.51. The van der Waals surface area contributed by atoms with Crippen LogP contribution in [0.25, 0.3) is 10.9 Å². The molecule has 0 saturated carbocycles. The summed E-state index contributed by atoms with van der Waals surface area (Å²) in [7, 11) is 0. The van der Waals surface area contributed by atoms with Crippen molar-refractivity contribution in [1.82, 2.24) is 4.98 Å². The van der Waals surface area contributed by atoms with Crippen LogP contribution in [0.15, 0.2) is 36.4 Å². The molecule has 3 aromatic rings. The van der Waals surface area contributed by atoms with Crippen LogP contribution in [0.4, 0.5) is 24.5 Å². The molecule has 1 aromatic heterocycles. The first kappa shape index (κ1) is 22.6. The van der Waals surface area contributed by atoms with E-state index in [-0.39, 0.29) is 10.8 Å². The van der Waals surface area contributed by atoms with Crippen molar-refractivity contribution in [3.05, 3.63) is 67.8 Å². The van der Waals surface area contributed by atoms with Gasteiger partial charge in [-0.3, -0.25) is 14.9 Å². The maximum atomic E-state index is 12.8. The summed E-state index contributed by atoms with van der Waals surface area (Å²) in [6.07, 6.45) is -4.77. The number of alkyl halides is 3. The number of carbonyl (C=O) groups excluding carboxylic acids is 1. The number of aryl methyl sites for hydroxylation is 1. The lowest BCUT2D eigenvalue weighted by Crippen LogP contribution is -2.21. The Morgan fingerprint density at radius 1 is 1.19 bits per heavy atom. The predicted octanol–water partition coefficient (Wildman–Crippen LogP) is 5.79. The number of fused-ring (bicyclic) bond motifs is 1. The molecular formula is C19H12Cl2F3N3O4. The molecule has 7 nitrogen and oxygen atoms in total. The lowest BCUT2D eigenvalue weighted by atomic mass is 10.1. The summed E-state index contributed by atoms with van der Waals surface area (Å²) in [5, 5.41) is 14.2. The highest BCUT2D eigenvalue weighted by molar-refractivity contribution is 6.39. The van der Waals surface area contributed by atoms with Crippen LogP contribution in [0.2, 0.25) is 10.0 Å². The number of aromatic nitrogens is 1. The first-order valence-corrected chi connectivity index (χ1v) is 9.26. The van der Waals surface area contributed by atoms with E-state index in [0.717, 1.165) is 6.07 Å². The minimum Gasteiger partial charge on any atom is -0.480 e. The highest BCUT2D eigenvalue weighted by Gasteiger charge is 2.33. The third-order valence-electron chi connectivity index (χ3n) is 4.12. The van der Waals surface area contributed by atoms with Crippen LogP contribution in [0.3, 0.4) is 0 Å².